The van der Waals surface area contributed by atoms with Crippen molar-refractivity contribution in [3.63, 3.8) is 0 Å². The second kappa shape index (κ2) is 8.20. The Hall–Kier alpha value is -3.80. The van der Waals surface area contributed by atoms with Gasteiger partial charge in [-0.15, -0.1) is 0 Å². The Morgan fingerprint density at radius 2 is 1.74 bits per heavy atom. The van der Waals surface area contributed by atoms with Gasteiger partial charge in [0.1, 0.15) is 22.4 Å². The maximum absolute atomic E-state index is 14.1. The third kappa shape index (κ3) is 3.50. The van der Waals surface area contributed by atoms with Crippen LogP contribution in [0.25, 0.3) is 5.76 Å². The number of benzene rings is 3. The Bertz CT molecular complexity index is 1510. The fourth-order valence-electron chi connectivity index (χ4n) is 4.22. The maximum atomic E-state index is 14.1. The van der Waals surface area contributed by atoms with Crippen molar-refractivity contribution in [2.24, 2.45) is 5.73 Å². The molecule has 0 aliphatic carbocycles. The summed E-state index contributed by atoms with van der Waals surface area (Å²) in [6.45, 7) is 0.0323. The number of para-hydroxylation sites is 1. The van der Waals surface area contributed by atoms with Crippen molar-refractivity contribution in [2.75, 3.05) is 4.31 Å². The van der Waals surface area contributed by atoms with E-state index in [0.29, 0.717) is 21.8 Å². The lowest BCUT2D eigenvalue weighted by atomic mass is 9.88. The lowest BCUT2D eigenvalue weighted by molar-refractivity contribution is 0.357. The van der Waals surface area contributed by atoms with E-state index in [1.165, 1.54) is 28.6 Å². The highest BCUT2D eigenvalue weighted by atomic mass is 35.5. The number of sulfonamides is 1. The number of halogens is 2. The predicted octanol–water partition coefficient (Wildman–Crippen LogP) is 5.01. The summed E-state index contributed by atoms with van der Waals surface area (Å²) in [5.74, 6) is -1.66. The van der Waals surface area contributed by atoms with E-state index in [0.717, 1.165) is 5.56 Å². The van der Waals surface area contributed by atoms with Crippen LogP contribution in [0.15, 0.2) is 89.2 Å². The molecule has 3 aromatic carbocycles. The molecule has 3 aromatic rings. The Balaban J connectivity index is 1.75. The number of hydrogen-bond donors (Lipinski definition) is 1. The Kier molecular flexibility index (Phi) is 5.31. The second-order valence-electron chi connectivity index (χ2n) is 7.83. The van der Waals surface area contributed by atoms with Crippen LogP contribution < -0.4 is 10.0 Å². The Labute approximate surface area is 201 Å². The van der Waals surface area contributed by atoms with E-state index in [4.69, 9.17) is 22.1 Å². The van der Waals surface area contributed by atoms with Crippen molar-refractivity contribution in [3.8, 4) is 6.07 Å². The lowest BCUT2D eigenvalue weighted by Crippen LogP contribution is -2.39. The van der Waals surface area contributed by atoms with E-state index in [-0.39, 0.29) is 28.7 Å². The molecule has 6 nitrogen and oxygen atoms in total. The molecule has 0 saturated carbocycles. The molecule has 0 saturated heterocycles. The van der Waals surface area contributed by atoms with Gasteiger partial charge in [-0.25, -0.2) is 12.8 Å². The van der Waals surface area contributed by atoms with Crippen LogP contribution in [0.2, 0.25) is 5.02 Å². The number of anilines is 1. The highest BCUT2D eigenvalue weighted by Crippen LogP contribution is 2.51. The summed E-state index contributed by atoms with van der Waals surface area (Å²) in [7, 11) is -4.20. The molecule has 0 radical (unpaired) electrons. The minimum absolute atomic E-state index is 0.0323. The Morgan fingerprint density at radius 1 is 1.06 bits per heavy atom. The molecule has 170 valence electrons. The molecule has 5 rings (SSSR count). The van der Waals surface area contributed by atoms with Gasteiger partial charge in [-0.3, -0.25) is 4.31 Å². The lowest BCUT2D eigenvalue weighted by Gasteiger charge is -2.38. The Morgan fingerprint density at radius 3 is 2.41 bits per heavy atom. The first-order valence-corrected chi connectivity index (χ1v) is 12.1. The van der Waals surface area contributed by atoms with Gasteiger partial charge in [-0.2, -0.15) is 5.26 Å². The first kappa shape index (κ1) is 22.0. The van der Waals surface area contributed by atoms with E-state index in [1.54, 1.807) is 48.5 Å². The number of allylic oxidation sites excluding steroid dienone is 2. The van der Waals surface area contributed by atoms with Gasteiger partial charge in [0.05, 0.1) is 18.2 Å². The monoisotopic (exact) mass is 493 g/mol. The summed E-state index contributed by atoms with van der Waals surface area (Å²) in [6.07, 6.45) is 0. The first-order chi connectivity index (χ1) is 16.3. The quantitative estimate of drug-likeness (QED) is 0.553. The SMILES string of the molecule is N#CC1=C(N)OC2=C([C@H]1c1ccc(F)cc1)S(=O)(=O)N(Cc1ccc(Cl)cc1)c1ccccc12. The molecule has 1 atom stereocenters. The summed E-state index contributed by atoms with van der Waals surface area (Å²) in [5, 5.41) is 10.4. The maximum Gasteiger partial charge on any atom is 0.265 e. The fourth-order valence-corrected chi connectivity index (χ4v) is 6.26. The zero-order chi connectivity index (χ0) is 24.0. The third-order valence-corrected chi connectivity index (χ3v) is 7.94. The highest BCUT2D eigenvalue weighted by Gasteiger charge is 2.47. The molecule has 34 heavy (non-hydrogen) atoms. The number of rotatable bonds is 3. The molecule has 2 aliphatic heterocycles. The van der Waals surface area contributed by atoms with E-state index in [1.807, 2.05) is 6.07 Å². The number of nitrogens with two attached hydrogens (primary N) is 1. The number of fused-ring (bicyclic) bond motifs is 2. The van der Waals surface area contributed by atoms with Crippen LogP contribution in [0.3, 0.4) is 0 Å². The predicted molar refractivity (Wildman–Crippen MR) is 127 cm³/mol. The number of hydrogen-bond acceptors (Lipinski definition) is 5. The molecule has 2 heterocycles. The molecular formula is C25H17ClFN3O3S. The number of nitrogens with zero attached hydrogens (tertiary/aromatic N) is 2. The number of nitriles is 1. The van der Waals surface area contributed by atoms with Gasteiger partial charge in [0.25, 0.3) is 10.0 Å². The van der Waals surface area contributed by atoms with Crippen LogP contribution >= 0.6 is 11.6 Å². The zero-order valence-electron chi connectivity index (χ0n) is 17.6. The second-order valence-corrected chi connectivity index (χ2v) is 10.1. The van der Waals surface area contributed by atoms with Crippen LogP contribution in [0.5, 0.6) is 0 Å². The van der Waals surface area contributed by atoms with Crippen LogP contribution in [0, 0.1) is 17.1 Å². The van der Waals surface area contributed by atoms with Crippen molar-refractivity contribution in [1.82, 2.24) is 0 Å². The van der Waals surface area contributed by atoms with E-state index in [2.05, 4.69) is 0 Å². The summed E-state index contributed by atoms with van der Waals surface area (Å²) in [4.78, 5) is -0.113. The standard InChI is InChI=1S/C25H17ClFN3O3S/c26-17-9-5-15(6-10-17)14-30-21-4-2-1-3-19(21)23-24(34(30,31)32)22(20(13-28)25(29)33-23)16-7-11-18(27)12-8-16/h1-12,22H,14,29H2/t22-/m0/s1. The van der Waals surface area contributed by atoms with Gasteiger partial charge in [0, 0.05) is 10.6 Å². The summed E-state index contributed by atoms with van der Waals surface area (Å²) in [6, 6.07) is 21.1. The summed E-state index contributed by atoms with van der Waals surface area (Å²) < 4.78 is 48.9. The fraction of sp³-hybridized carbons (Fsp3) is 0.0800. The molecule has 0 spiro atoms. The van der Waals surface area contributed by atoms with Gasteiger partial charge in [0.2, 0.25) is 5.88 Å². The van der Waals surface area contributed by atoms with Crippen LogP contribution in [-0.2, 0) is 21.3 Å². The first-order valence-electron chi connectivity index (χ1n) is 10.2. The smallest absolute Gasteiger partial charge is 0.265 e. The zero-order valence-corrected chi connectivity index (χ0v) is 19.1. The van der Waals surface area contributed by atoms with Crippen molar-refractivity contribution in [3.05, 3.63) is 117 Å². The average Bonchev–Trinajstić information content (AvgIpc) is 2.82. The summed E-state index contributed by atoms with van der Waals surface area (Å²) >= 11 is 6.00. The van der Waals surface area contributed by atoms with Gasteiger partial charge in [-0.1, -0.05) is 48.0 Å². The largest absolute Gasteiger partial charge is 0.439 e. The van der Waals surface area contributed by atoms with E-state index >= 15 is 0 Å². The number of ether oxygens (including phenoxy) is 1. The van der Waals surface area contributed by atoms with Crippen LogP contribution in [0.1, 0.15) is 22.6 Å². The van der Waals surface area contributed by atoms with Crippen LogP contribution in [0.4, 0.5) is 10.1 Å². The minimum atomic E-state index is -4.20. The molecule has 0 unspecified atom stereocenters. The van der Waals surface area contributed by atoms with E-state index in [9.17, 15) is 18.1 Å². The summed E-state index contributed by atoms with van der Waals surface area (Å²) in [5.41, 5.74) is 8.09. The minimum Gasteiger partial charge on any atom is -0.439 e. The van der Waals surface area contributed by atoms with Crippen molar-refractivity contribution in [1.29, 1.82) is 5.26 Å². The van der Waals surface area contributed by atoms with Crippen molar-refractivity contribution >= 4 is 33.1 Å². The molecule has 0 aromatic heterocycles. The highest BCUT2D eigenvalue weighted by molar-refractivity contribution is 7.96. The molecule has 0 fully saturated rings. The van der Waals surface area contributed by atoms with E-state index < -0.39 is 21.8 Å². The molecular weight excluding hydrogens is 477 g/mol. The average molecular weight is 494 g/mol. The topological polar surface area (TPSA) is 96.4 Å². The molecule has 2 N–H and O–H groups in total. The van der Waals surface area contributed by atoms with Gasteiger partial charge >= 0.3 is 0 Å². The normalized spacial score (nSPS) is 18.6. The molecule has 2 aliphatic rings. The van der Waals surface area contributed by atoms with Crippen molar-refractivity contribution < 1.29 is 17.5 Å². The van der Waals surface area contributed by atoms with Gasteiger partial charge in [0.15, 0.2) is 5.76 Å². The van der Waals surface area contributed by atoms with Crippen molar-refractivity contribution in [2.45, 2.75) is 12.5 Å². The van der Waals surface area contributed by atoms with Gasteiger partial charge < -0.3 is 10.5 Å². The molecule has 0 bridgehead atoms. The van der Waals surface area contributed by atoms with Crippen LogP contribution in [-0.4, -0.2) is 8.42 Å². The molecule has 0 amide bonds. The third-order valence-electron chi connectivity index (χ3n) is 5.80. The van der Waals surface area contributed by atoms with Gasteiger partial charge in [-0.05, 0) is 47.5 Å². The molecule has 9 heteroatoms.